The van der Waals surface area contributed by atoms with Gasteiger partial charge < -0.3 is 14.5 Å². The Balaban J connectivity index is 1.14. The van der Waals surface area contributed by atoms with Crippen LogP contribution in [0.3, 0.4) is 0 Å². The van der Waals surface area contributed by atoms with E-state index in [1.54, 1.807) is 0 Å². The number of piperazine rings is 1. The van der Waals surface area contributed by atoms with Crippen LogP contribution in [0, 0.1) is 0 Å². The van der Waals surface area contributed by atoms with E-state index in [9.17, 15) is 26.4 Å². The van der Waals surface area contributed by atoms with Crippen LogP contribution in [0.1, 0.15) is 47.1 Å². The lowest BCUT2D eigenvalue weighted by Crippen LogP contribution is -2.48. The van der Waals surface area contributed by atoms with E-state index in [0.29, 0.717) is 31.6 Å². The maximum absolute atomic E-state index is 13.1. The normalized spacial score (nSPS) is 21.0. The minimum atomic E-state index is -4.62. The molecule has 1 amide bonds. The molecule has 2 aliphatic heterocycles. The molecule has 216 valence electrons. The summed E-state index contributed by atoms with van der Waals surface area (Å²) >= 11 is 0. The molecule has 2 bridgehead atoms. The predicted octanol–water partition coefficient (Wildman–Crippen LogP) is 5.79. The second kappa shape index (κ2) is 10.7. The lowest BCUT2D eigenvalue weighted by atomic mass is 9.96. The number of likely N-dealkylation sites (tertiary alicyclic amines) is 1. The highest BCUT2D eigenvalue weighted by Crippen LogP contribution is 2.50. The minimum Gasteiger partial charge on any atom is -0.445 e. The standard InChI is InChI=1S/C30H30F3N3O4S/c31-30(32,33)23-7-4-8-25(18-23)41(38,39)35-15-13-34(14-16-35)24-9-10-26-22-11-12-36(28(17-22)27(26)19-24)29(37)40-20-21-5-2-1-3-6-21/h1-10,18-19,22,28H,11-17,20H2/t22-,28-/m1/s1. The zero-order valence-electron chi connectivity index (χ0n) is 22.3. The predicted molar refractivity (Wildman–Crippen MR) is 147 cm³/mol. The van der Waals surface area contributed by atoms with E-state index in [1.807, 2.05) is 41.3 Å². The Morgan fingerprint density at radius 3 is 2.37 bits per heavy atom. The number of alkyl halides is 3. The summed E-state index contributed by atoms with van der Waals surface area (Å²) in [5.74, 6) is 0.386. The van der Waals surface area contributed by atoms with Crippen LogP contribution in [0.4, 0.5) is 23.7 Å². The van der Waals surface area contributed by atoms with Crippen LogP contribution in [0.25, 0.3) is 0 Å². The van der Waals surface area contributed by atoms with Crippen molar-refractivity contribution in [3.63, 3.8) is 0 Å². The average Bonchev–Trinajstić information content (AvgIpc) is 3.26. The lowest BCUT2D eigenvalue weighted by Gasteiger charge is -2.36. The molecule has 0 aromatic heterocycles. The summed E-state index contributed by atoms with van der Waals surface area (Å²) in [6, 6.07) is 19.6. The number of hydrogen-bond acceptors (Lipinski definition) is 5. The average molecular weight is 586 g/mol. The molecule has 41 heavy (non-hydrogen) atoms. The summed E-state index contributed by atoms with van der Waals surface area (Å²) in [5.41, 5.74) is 3.21. The second-order valence-electron chi connectivity index (χ2n) is 10.7. The number of hydrogen-bond donors (Lipinski definition) is 0. The van der Waals surface area contributed by atoms with Gasteiger partial charge in [0.1, 0.15) is 6.61 Å². The first-order valence-corrected chi connectivity index (χ1v) is 15.1. The van der Waals surface area contributed by atoms with E-state index >= 15 is 0 Å². The Morgan fingerprint density at radius 1 is 0.878 bits per heavy atom. The monoisotopic (exact) mass is 585 g/mol. The van der Waals surface area contributed by atoms with Crippen LogP contribution in [-0.4, -0.2) is 56.4 Å². The topological polar surface area (TPSA) is 70.2 Å². The summed E-state index contributed by atoms with van der Waals surface area (Å²) < 4.78 is 72.6. The van der Waals surface area contributed by atoms with E-state index in [0.717, 1.165) is 41.8 Å². The first-order valence-electron chi connectivity index (χ1n) is 13.6. The molecule has 0 saturated carbocycles. The van der Waals surface area contributed by atoms with Gasteiger partial charge in [-0.25, -0.2) is 13.2 Å². The molecule has 3 aromatic rings. The van der Waals surface area contributed by atoms with Gasteiger partial charge >= 0.3 is 12.3 Å². The molecule has 2 atom stereocenters. The number of amides is 1. The fourth-order valence-electron chi connectivity index (χ4n) is 6.15. The van der Waals surface area contributed by atoms with Crippen molar-refractivity contribution in [3.8, 4) is 0 Å². The van der Waals surface area contributed by atoms with Crippen molar-refractivity contribution in [2.45, 2.75) is 42.5 Å². The smallest absolute Gasteiger partial charge is 0.416 e. The number of fused-ring (bicyclic) bond motifs is 5. The zero-order valence-corrected chi connectivity index (χ0v) is 23.1. The van der Waals surface area contributed by atoms with Crippen molar-refractivity contribution >= 4 is 21.8 Å². The third-order valence-electron chi connectivity index (χ3n) is 8.31. The maximum atomic E-state index is 13.1. The van der Waals surface area contributed by atoms with E-state index in [1.165, 1.54) is 15.9 Å². The summed E-state index contributed by atoms with van der Waals surface area (Å²) in [7, 11) is -4.07. The summed E-state index contributed by atoms with van der Waals surface area (Å²) in [6.45, 7) is 1.94. The Labute approximate surface area is 237 Å². The highest BCUT2D eigenvalue weighted by molar-refractivity contribution is 7.89. The molecule has 0 N–H and O–H groups in total. The van der Waals surface area contributed by atoms with Crippen molar-refractivity contribution in [2.24, 2.45) is 0 Å². The van der Waals surface area contributed by atoms with Crippen molar-refractivity contribution in [2.75, 3.05) is 37.6 Å². The van der Waals surface area contributed by atoms with Crippen molar-refractivity contribution in [3.05, 3.63) is 95.1 Å². The molecule has 2 fully saturated rings. The molecular weight excluding hydrogens is 555 g/mol. The van der Waals surface area contributed by atoms with Gasteiger partial charge in [0.05, 0.1) is 16.5 Å². The molecule has 3 aliphatic rings. The number of nitrogens with zero attached hydrogens (tertiary/aromatic N) is 3. The lowest BCUT2D eigenvalue weighted by molar-refractivity contribution is -0.137. The molecular formula is C30H30F3N3O4S. The molecule has 3 aromatic carbocycles. The van der Waals surface area contributed by atoms with Gasteiger partial charge in [-0.15, -0.1) is 0 Å². The fourth-order valence-corrected chi connectivity index (χ4v) is 7.62. The third kappa shape index (κ3) is 5.40. The highest BCUT2D eigenvalue weighted by atomic mass is 32.2. The van der Waals surface area contributed by atoms with Gasteiger partial charge in [-0.2, -0.15) is 17.5 Å². The molecule has 0 unspecified atom stereocenters. The van der Waals surface area contributed by atoms with Gasteiger partial charge in [0, 0.05) is 38.4 Å². The van der Waals surface area contributed by atoms with Crippen LogP contribution < -0.4 is 4.90 Å². The number of carbonyl (C=O) groups is 1. The summed E-state index contributed by atoms with van der Waals surface area (Å²) in [6.07, 6.45) is -3.23. The molecule has 2 heterocycles. The number of carbonyl (C=O) groups excluding carboxylic acids is 1. The Bertz CT molecular complexity index is 1540. The number of rotatable bonds is 5. The number of sulfonamides is 1. The number of anilines is 1. The molecule has 11 heteroatoms. The van der Waals surface area contributed by atoms with Crippen LogP contribution >= 0.6 is 0 Å². The van der Waals surface area contributed by atoms with Crippen molar-refractivity contribution in [1.29, 1.82) is 0 Å². The molecule has 7 nitrogen and oxygen atoms in total. The van der Waals surface area contributed by atoms with E-state index < -0.39 is 21.8 Å². The number of halogens is 3. The largest absolute Gasteiger partial charge is 0.445 e. The number of piperidine rings is 1. The summed E-state index contributed by atoms with van der Waals surface area (Å²) in [5, 5.41) is 0. The van der Waals surface area contributed by atoms with Crippen LogP contribution in [0.15, 0.2) is 77.7 Å². The van der Waals surface area contributed by atoms with Crippen molar-refractivity contribution < 1.29 is 31.1 Å². The SMILES string of the molecule is O=C(OCc1ccccc1)N1CC[C@@H]2C[C@@H]1c1cc(N3CCN(S(=O)(=O)c4cccc(C(F)(F)F)c4)CC3)ccc12. The van der Waals surface area contributed by atoms with Crippen LogP contribution in [0.2, 0.25) is 0 Å². The molecule has 0 radical (unpaired) electrons. The second-order valence-corrected chi connectivity index (χ2v) is 12.6. The third-order valence-corrected chi connectivity index (χ3v) is 10.2. The molecule has 0 spiro atoms. The Kier molecular flexibility index (Phi) is 7.19. The van der Waals surface area contributed by atoms with Gasteiger partial charge in [-0.3, -0.25) is 0 Å². The molecule has 2 saturated heterocycles. The first-order chi connectivity index (χ1) is 19.6. The zero-order chi connectivity index (χ0) is 28.8. The first kappa shape index (κ1) is 27.6. The van der Waals surface area contributed by atoms with Gasteiger partial charge in [0.2, 0.25) is 10.0 Å². The van der Waals surface area contributed by atoms with Gasteiger partial charge in [-0.05, 0) is 65.8 Å². The van der Waals surface area contributed by atoms with Crippen LogP contribution in [-0.2, 0) is 27.5 Å². The van der Waals surface area contributed by atoms with E-state index in [-0.39, 0.29) is 36.7 Å². The Hall–Kier alpha value is -3.57. The summed E-state index contributed by atoms with van der Waals surface area (Å²) in [4.78, 5) is 16.6. The fraction of sp³-hybridized carbons (Fsp3) is 0.367. The molecule has 6 rings (SSSR count). The highest BCUT2D eigenvalue weighted by Gasteiger charge is 2.42. The van der Waals surface area contributed by atoms with Gasteiger partial charge in [0.15, 0.2) is 0 Å². The Morgan fingerprint density at radius 2 is 1.63 bits per heavy atom. The van der Waals surface area contributed by atoms with Crippen LogP contribution in [0.5, 0.6) is 0 Å². The number of ether oxygens (including phenoxy) is 1. The minimum absolute atomic E-state index is 0.0745. The van der Waals surface area contributed by atoms with E-state index in [4.69, 9.17) is 4.74 Å². The van der Waals surface area contributed by atoms with Gasteiger partial charge in [-0.1, -0.05) is 42.5 Å². The van der Waals surface area contributed by atoms with E-state index in [2.05, 4.69) is 17.0 Å². The van der Waals surface area contributed by atoms with Crippen molar-refractivity contribution in [1.82, 2.24) is 9.21 Å². The maximum Gasteiger partial charge on any atom is 0.416 e. The molecule has 1 aliphatic carbocycles. The van der Waals surface area contributed by atoms with Gasteiger partial charge in [0.25, 0.3) is 0 Å². The quantitative estimate of drug-likeness (QED) is 0.379. The number of benzene rings is 3.